The highest BCUT2D eigenvalue weighted by Crippen LogP contribution is 2.57. The summed E-state index contributed by atoms with van der Waals surface area (Å²) >= 11 is 0. The minimum Gasteiger partial charge on any atom is -0.0999 e. The highest BCUT2D eigenvalue weighted by Gasteiger charge is 2.47. The van der Waals surface area contributed by atoms with E-state index in [2.05, 4.69) is 27.4 Å². The molecular formula is C13H24. The standard InChI is InChI=1S/C13H24/c1-5-9-13(4)10-12(13)8-7-11(3)6-2/h12H,3,5-10H2,1-2,4H3. The summed E-state index contributed by atoms with van der Waals surface area (Å²) in [5, 5.41) is 0. The molecule has 1 fully saturated rings. The van der Waals surface area contributed by atoms with Gasteiger partial charge in [0.25, 0.3) is 0 Å². The SMILES string of the molecule is C=C(CC)CCC1CC1(C)CCC. The first-order valence-electron chi connectivity index (χ1n) is 5.79. The van der Waals surface area contributed by atoms with Crippen molar-refractivity contribution in [3.05, 3.63) is 12.2 Å². The van der Waals surface area contributed by atoms with E-state index in [4.69, 9.17) is 0 Å². The Hall–Kier alpha value is -0.260. The quantitative estimate of drug-likeness (QED) is 0.526. The molecule has 0 aromatic rings. The second-order valence-electron chi connectivity index (χ2n) is 4.95. The van der Waals surface area contributed by atoms with Crippen LogP contribution in [0.1, 0.15) is 59.3 Å². The first-order valence-corrected chi connectivity index (χ1v) is 5.79. The molecule has 0 radical (unpaired) electrons. The van der Waals surface area contributed by atoms with E-state index in [0.29, 0.717) is 5.41 Å². The van der Waals surface area contributed by atoms with E-state index < -0.39 is 0 Å². The van der Waals surface area contributed by atoms with Crippen molar-refractivity contribution in [1.29, 1.82) is 0 Å². The molecule has 0 amide bonds. The van der Waals surface area contributed by atoms with Gasteiger partial charge in [0, 0.05) is 0 Å². The Morgan fingerprint density at radius 2 is 2.15 bits per heavy atom. The molecule has 0 heteroatoms. The lowest BCUT2D eigenvalue weighted by molar-refractivity contribution is 0.441. The second-order valence-corrected chi connectivity index (χ2v) is 4.95. The fourth-order valence-electron chi connectivity index (χ4n) is 2.39. The van der Waals surface area contributed by atoms with Gasteiger partial charge in [-0.15, -0.1) is 0 Å². The zero-order valence-electron chi connectivity index (χ0n) is 9.53. The lowest BCUT2D eigenvalue weighted by Gasteiger charge is -2.09. The van der Waals surface area contributed by atoms with Crippen molar-refractivity contribution in [3.8, 4) is 0 Å². The predicted molar refractivity (Wildman–Crippen MR) is 59.8 cm³/mol. The van der Waals surface area contributed by atoms with Gasteiger partial charge in [-0.3, -0.25) is 0 Å². The third-order valence-corrected chi connectivity index (χ3v) is 3.71. The van der Waals surface area contributed by atoms with Crippen LogP contribution in [0.25, 0.3) is 0 Å². The van der Waals surface area contributed by atoms with Crippen LogP contribution in [0.15, 0.2) is 12.2 Å². The van der Waals surface area contributed by atoms with Gasteiger partial charge in [0.05, 0.1) is 0 Å². The topological polar surface area (TPSA) is 0 Å². The molecule has 2 unspecified atom stereocenters. The molecule has 0 N–H and O–H groups in total. The Bertz CT molecular complexity index is 180. The smallest absolute Gasteiger partial charge is 0.0294 e. The Kier molecular flexibility index (Phi) is 3.58. The molecule has 1 aliphatic rings. The second kappa shape index (κ2) is 4.30. The third-order valence-electron chi connectivity index (χ3n) is 3.71. The largest absolute Gasteiger partial charge is 0.0999 e. The van der Waals surface area contributed by atoms with Crippen LogP contribution in [-0.2, 0) is 0 Å². The molecular weight excluding hydrogens is 156 g/mol. The lowest BCUT2D eigenvalue weighted by Crippen LogP contribution is -1.97. The third kappa shape index (κ3) is 2.86. The van der Waals surface area contributed by atoms with Crippen molar-refractivity contribution in [2.75, 3.05) is 0 Å². The number of hydrogen-bond acceptors (Lipinski definition) is 0. The molecule has 0 heterocycles. The van der Waals surface area contributed by atoms with Gasteiger partial charge in [-0.25, -0.2) is 0 Å². The first-order chi connectivity index (χ1) is 6.12. The molecule has 0 spiro atoms. The molecule has 76 valence electrons. The summed E-state index contributed by atoms with van der Waals surface area (Å²) in [6.07, 6.45) is 8.07. The van der Waals surface area contributed by atoms with Gasteiger partial charge < -0.3 is 0 Å². The number of rotatable bonds is 6. The van der Waals surface area contributed by atoms with Crippen molar-refractivity contribution < 1.29 is 0 Å². The zero-order chi connectivity index (χ0) is 9.90. The molecule has 2 atom stereocenters. The van der Waals surface area contributed by atoms with E-state index in [1.165, 1.54) is 37.7 Å². The van der Waals surface area contributed by atoms with Crippen LogP contribution in [-0.4, -0.2) is 0 Å². The van der Waals surface area contributed by atoms with Crippen LogP contribution in [0.3, 0.4) is 0 Å². The average Bonchev–Trinajstić information content (AvgIpc) is 2.73. The molecule has 0 bridgehead atoms. The summed E-state index contributed by atoms with van der Waals surface area (Å²) in [6.45, 7) is 11.0. The molecule has 0 nitrogen and oxygen atoms in total. The molecule has 13 heavy (non-hydrogen) atoms. The number of allylic oxidation sites excluding steroid dienone is 1. The Morgan fingerprint density at radius 3 is 2.69 bits per heavy atom. The van der Waals surface area contributed by atoms with Crippen LogP contribution >= 0.6 is 0 Å². The van der Waals surface area contributed by atoms with Crippen LogP contribution in [0.5, 0.6) is 0 Å². The van der Waals surface area contributed by atoms with E-state index in [0.717, 1.165) is 12.3 Å². The summed E-state index contributed by atoms with van der Waals surface area (Å²) in [4.78, 5) is 0. The molecule has 0 saturated heterocycles. The van der Waals surface area contributed by atoms with Gasteiger partial charge in [0.1, 0.15) is 0 Å². The zero-order valence-corrected chi connectivity index (χ0v) is 9.53. The Morgan fingerprint density at radius 1 is 1.46 bits per heavy atom. The minimum absolute atomic E-state index is 0.711. The van der Waals surface area contributed by atoms with Crippen LogP contribution in [0, 0.1) is 11.3 Å². The number of hydrogen-bond donors (Lipinski definition) is 0. The molecule has 0 aromatic carbocycles. The maximum Gasteiger partial charge on any atom is -0.0294 e. The summed E-state index contributed by atoms with van der Waals surface area (Å²) in [5.74, 6) is 1.01. The van der Waals surface area contributed by atoms with E-state index >= 15 is 0 Å². The fraction of sp³-hybridized carbons (Fsp3) is 0.846. The highest BCUT2D eigenvalue weighted by molar-refractivity contribution is 5.01. The Balaban J connectivity index is 2.16. The van der Waals surface area contributed by atoms with Gasteiger partial charge in [0.2, 0.25) is 0 Å². The maximum atomic E-state index is 4.07. The van der Waals surface area contributed by atoms with E-state index in [-0.39, 0.29) is 0 Å². The summed E-state index contributed by atoms with van der Waals surface area (Å²) < 4.78 is 0. The molecule has 0 aliphatic heterocycles. The molecule has 0 aromatic heterocycles. The lowest BCUT2D eigenvalue weighted by atomic mass is 9.96. The van der Waals surface area contributed by atoms with Gasteiger partial charge in [-0.2, -0.15) is 0 Å². The van der Waals surface area contributed by atoms with Crippen LogP contribution < -0.4 is 0 Å². The van der Waals surface area contributed by atoms with Crippen molar-refractivity contribution in [2.45, 2.75) is 59.3 Å². The van der Waals surface area contributed by atoms with Gasteiger partial charge in [0.15, 0.2) is 0 Å². The highest BCUT2D eigenvalue weighted by atomic mass is 14.5. The summed E-state index contributed by atoms with van der Waals surface area (Å²) in [6, 6.07) is 0. The van der Waals surface area contributed by atoms with Gasteiger partial charge >= 0.3 is 0 Å². The maximum absolute atomic E-state index is 4.07. The van der Waals surface area contributed by atoms with E-state index in [1.54, 1.807) is 0 Å². The monoisotopic (exact) mass is 180 g/mol. The van der Waals surface area contributed by atoms with E-state index in [9.17, 15) is 0 Å². The summed E-state index contributed by atoms with van der Waals surface area (Å²) in [5.41, 5.74) is 2.15. The van der Waals surface area contributed by atoms with Crippen molar-refractivity contribution in [3.63, 3.8) is 0 Å². The normalized spacial score (nSPS) is 31.8. The Labute approximate surface area is 83.4 Å². The van der Waals surface area contributed by atoms with Gasteiger partial charge in [-0.1, -0.05) is 39.3 Å². The van der Waals surface area contributed by atoms with Crippen molar-refractivity contribution in [1.82, 2.24) is 0 Å². The first kappa shape index (κ1) is 10.8. The van der Waals surface area contributed by atoms with Gasteiger partial charge in [-0.05, 0) is 43.4 Å². The predicted octanol–water partition coefficient (Wildman–Crippen LogP) is 4.56. The molecule has 1 aliphatic carbocycles. The fourth-order valence-corrected chi connectivity index (χ4v) is 2.39. The minimum atomic E-state index is 0.711. The summed E-state index contributed by atoms with van der Waals surface area (Å²) in [7, 11) is 0. The van der Waals surface area contributed by atoms with Crippen LogP contribution in [0.2, 0.25) is 0 Å². The van der Waals surface area contributed by atoms with Crippen molar-refractivity contribution >= 4 is 0 Å². The molecule has 1 saturated carbocycles. The van der Waals surface area contributed by atoms with Crippen LogP contribution in [0.4, 0.5) is 0 Å². The molecule has 1 rings (SSSR count). The van der Waals surface area contributed by atoms with E-state index in [1.807, 2.05) is 0 Å². The van der Waals surface area contributed by atoms with Crippen molar-refractivity contribution in [2.24, 2.45) is 11.3 Å². The average molecular weight is 180 g/mol.